The number of carbonyl (C=O) groups excluding carboxylic acids is 4. The quantitative estimate of drug-likeness (QED) is 0.486. The van der Waals surface area contributed by atoms with Crippen molar-refractivity contribution >= 4 is 35.0 Å². The summed E-state index contributed by atoms with van der Waals surface area (Å²) in [6.45, 7) is 9.76. The Morgan fingerprint density at radius 3 is 1.77 bits per heavy atom. The number of allylic oxidation sites excluding steroid dienone is 1. The van der Waals surface area contributed by atoms with Gasteiger partial charge in [-0.15, -0.1) is 0 Å². The average Bonchev–Trinajstić information content (AvgIpc) is 3.24. The molecule has 0 aromatic heterocycles. The van der Waals surface area contributed by atoms with Crippen molar-refractivity contribution in [2.45, 2.75) is 47.5 Å². The van der Waals surface area contributed by atoms with E-state index in [2.05, 4.69) is 0 Å². The predicted octanol–water partition coefficient (Wildman–Crippen LogP) is 4.57. The highest BCUT2D eigenvalue weighted by Gasteiger charge is 2.54. The normalized spacial score (nSPS) is 26.5. The van der Waals surface area contributed by atoms with E-state index in [0.29, 0.717) is 17.8 Å². The van der Waals surface area contributed by atoms with Crippen LogP contribution in [0.5, 0.6) is 0 Å². The molecule has 2 heterocycles. The average molecular weight is 471 g/mol. The Labute approximate surface area is 205 Å². The van der Waals surface area contributed by atoms with Gasteiger partial charge < -0.3 is 0 Å². The van der Waals surface area contributed by atoms with Gasteiger partial charge in [-0.05, 0) is 93.5 Å². The molecule has 0 bridgehead atoms. The number of hydrogen-bond acceptors (Lipinski definition) is 4. The van der Waals surface area contributed by atoms with Crippen molar-refractivity contribution in [1.82, 2.24) is 0 Å². The molecule has 4 amide bonds. The van der Waals surface area contributed by atoms with Crippen LogP contribution >= 0.6 is 0 Å². The third kappa shape index (κ3) is 3.63. The molecule has 0 saturated carbocycles. The minimum atomic E-state index is -0.529. The first-order valence-electron chi connectivity index (χ1n) is 12.2. The number of fused-ring (bicyclic) bond motifs is 1. The molecule has 0 unspecified atom stereocenters. The Morgan fingerprint density at radius 2 is 1.20 bits per heavy atom. The maximum Gasteiger partial charge on any atom is 0.241 e. The van der Waals surface area contributed by atoms with Gasteiger partial charge in [-0.1, -0.05) is 23.8 Å². The molecule has 5 rings (SSSR count). The van der Waals surface area contributed by atoms with Crippen LogP contribution in [0, 0.1) is 51.4 Å². The first-order chi connectivity index (χ1) is 16.6. The van der Waals surface area contributed by atoms with Gasteiger partial charge in [0.2, 0.25) is 23.6 Å². The molecule has 2 saturated heterocycles. The molecule has 0 radical (unpaired) electrons. The Hall–Kier alpha value is -3.54. The zero-order valence-corrected chi connectivity index (χ0v) is 20.8. The fourth-order valence-electron chi connectivity index (χ4n) is 5.81. The lowest BCUT2D eigenvalue weighted by Gasteiger charge is -2.29. The minimum Gasteiger partial charge on any atom is -0.274 e. The maximum absolute atomic E-state index is 13.5. The van der Waals surface area contributed by atoms with E-state index >= 15 is 0 Å². The van der Waals surface area contributed by atoms with Crippen LogP contribution in [-0.2, 0) is 19.2 Å². The number of nitrogens with zero attached hydrogens (tertiary/aromatic N) is 2. The van der Waals surface area contributed by atoms with Crippen LogP contribution in [0.25, 0.3) is 0 Å². The van der Waals surface area contributed by atoms with Crippen molar-refractivity contribution in [3.8, 4) is 0 Å². The van der Waals surface area contributed by atoms with Gasteiger partial charge >= 0.3 is 0 Å². The minimum absolute atomic E-state index is 0.112. The van der Waals surface area contributed by atoms with Crippen LogP contribution in [0.4, 0.5) is 11.4 Å². The van der Waals surface area contributed by atoms with Crippen LogP contribution in [0.1, 0.15) is 42.0 Å². The van der Waals surface area contributed by atoms with Gasteiger partial charge in [-0.3, -0.25) is 24.1 Å². The van der Waals surface area contributed by atoms with Gasteiger partial charge in [-0.2, -0.15) is 0 Å². The molecule has 2 aromatic rings. The molecule has 0 spiro atoms. The van der Waals surface area contributed by atoms with Crippen LogP contribution in [0.3, 0.4) is 0 Å². The van der Waals surface area contributed by atoms with Gasteiger partial charge in [0.1, 0.15) is 0 Å². The zero-order chi connectivity index (χ0) is 25.2. The number of carbonyl (C=O) groups is 4. The van der Waals surface area contributed by atoms with Crippen molar-refractivity contribution in [2.24, 2.45) is 23.7 Å². The van der Waals surface area contributed by atoms with E-state index < -0.39 is 17.8 Å². The van der Waals surface area contributed by atoms with Crippen LogP contribution in [0.15, 0.2) is 48.0 Å². The molecule has 6 heteroatoms. The summed E-state index contributed by atoms with van der Waals surface area (Å²) in [6, 6.07) is 11.2. The van der Waals surface area contributed by atoms with Crippen molar-refractivity contribution in [2.75, 3.05) is 9.80 Å². The van der Waals surface area contributed by atoms with E-state index in [9.17, 15) is 19.2 Å². The van der Waals surface area contributed by atoms with Gasteiger partial charge in [0, 0.05) is 6.42 Å². The summed E-state index contributed by atoms with van der Waals surface area (Å²) >= 11 is 0. The first kappa shape index (κ1) is 23.2. The molecular weight excluding hydrogens is 440 g/mol. The summed E-state index contributed by atoms with van der Waals surface area (Å²) in [5, 5.41) is 0. The molecule has 35 heavy (non-hydrogen) atoms. The summed E-state index contributed by atoms with van der Waals surface area (Å²) in [7, 11) is 0. The monoisotopic (exact) mass is 470 g/mol. The van der Waals surface area contributed by atoms with Gasteiger partial charge in [-0.25, -0.2) is 4.90 Å². The van der Waals surface area contributed by atoms with Gasteiger partial charge in [0.05, 0.1) is 29.1 Å². The fraction of sp³-hybridized carbons (Fsp3) is 0.379. The number of aryl methyl sites for hydroxylation is 4. The molecule has 3 aliphatic rings. The zero-order valence-electron chi connectivity index (χ0n) is 20.8. The second-order valence-electron chi connectivity index (χ2n) is 10.3. The predicted molar refractivity (Wildman–Crippen MR) is 134 cm³/mol. The first-order valence-corrected chi connectivity index (χ1v) is 12.2. The highest BCUT2D eigenvalue weighted by Crippen LogP contribution is 2.46. The Bertz CT molecular complexity index is 1320. The number of hydrogen-bond donors (Lipinski definition) is 0. The molecule has 2 fully saturated rings. The number of rotatable bonds is 3. The molecule has 2 aliphatic heterocycles. The number of benzene rings is 2. The maximum atomic E-state index is 13.5. The summed E-state index contributed by atoms with van der Waals surface area (Å²) < 4.78 is 0. The van der Waals surface area contributed by atoms with Crippen LogP contribution in [-0.4, -0.2) is 23.6 Å². The Morgan fingerprint density at radius 1 is 0.657 bits per heavy atom. The van der Waals surface area contributed by atoms with E-state index in [1.807, 2.05) is 71.0 Å². The number of imide groups is 2. The topological polar surface area (TPSA) is 74.8 Å². The molecule has 4 atom stereocenters. The van der Waals surface area contributed by atoms with Crippen LogP contribution in [0.2, 0.25) is 0 Å². The van der Waals surface area contributed by atoms with E-state index in [0.717, 1.165) is 27.8 Å². The molecule has 1 aliphatic carbocycles. The Kier molecular flexibility index (Phi) is 5.50. The molecule has 2 aromatic carbocycles. The standard InChI is InChI=1S/C29H30N2O4/c1-15-6-8-21(11-17(15)3)30-25(32)14-23(27(30)33)20-10-19(5)26-24(13-20)28(34)31(29(26)35)22-9-7-16(2)18(4)12-22/h6-12,20,23-24,26H,13-14H2,1-5H3/t20-,23-,24-,26+/m0/s1. The second kappa shape index (κ2) is 8.29. The van der Waals surface area contributed by atoms with E-state index in [-0.39, 0.29) is 36.0 Å². The van der Waals surface area contributed by atoms with Crippen molar-refractivity contribution in [1.29, 1.82) is 0 Å². The van der Waals surface area contributed by atoms with E-state index in [1.165, 1.54) is 9.80 Å². The van der Waals surface area contributed by atoms with Gasteiger partial charge in [0.15, 0.2) is 0 Å². The SMILES string of the molecule is CC1=C[C@H]([C@@H]2CC(=O)N(c3ccc(C)c(C)c3)C2=O)C[C@@H]2C(=O)N(c3ccc(C)c(C)c3)C(=O)[C@H]12. The number of anilines is 2. The fourth-order valence-corrected chi connectivity index (χ4v) is 5.81. The van der Waals surface area contributed by atoms with E-state index in [1.54, 1.807) is 6.07 Å². The second-order valence-corrected chi connectivity index (χ2v) is 10.3. The summed E-state index contributed by atoms with van der Waals surface area (Å²) in [4.78, 5) is 55.7. The highest BCUT2D eigenvalue weighted by atomic mass is 16.2. The lowest BCUT2D eigenvalue weighted by atomic mass is 9.71. The summed E-state index contributed by atoms with van der Waals surface area (Å²) in [6.07, 6.45) is 2.45. The van der Waals surface area contributed by atoms with Crippen molar-refractivity contribution in [3.05, 3.63) is 70.3 Å². The lowest BCUT2D eigenvalue weighted by Crippen LogP contribution is -2.35. The third-order valence-electron chi connectivity index (χ3n) is 8.12. The highest BCUT2D eigenvalue weighted by molar-refractivity contribution is 6.23. The molecule has 0 N–H and O–H groups in total. The van der Waals surface area contributed by atoms with Crippen LogP contribution < -0.4 is 9.80 Å². The smallest absolute Gasteiger partial charge is 0.241 e. The van der Waals surface area contributed by atoms with Crippen molar-refractivity contribution in [3.63, 3.8) is 0 Å². The number of amides is 4. The summed E-state index contributed by atoms with van der Waals surface area (Å²) in [5.41, 5.74) is 6.22. The van der Waals surface area contributed by atoms with Crippen molar-refractivity contribution < 1.29 is 19.2 Å². The summed E-state index contributed by atoms with van der Waals surface area (Å²) in [5.74, 6) is -2.69. The van der Waals surface area contributed by atoms with Gasteiger partial charge in [0.25, 0.3) is 0 Å². The molecular formula is C29H30N2O4. The Balaban J connectivity index is 1.42. The molecule has 6 nitrogen and oxygen atoms in total. The lowest BCUT2D eigenvalue weighted by molar-refractivity contribution is -0.125. The third-order valence-corrected chi connectivity index (χ3v) is 8.12. The largest absolute Gasteiger partial charge is 0.274 e. The molecule has 180 valence electrons. The van der Waals surface area contributed by atoms with E-state index in [4.69, 9.17) is 0 Å².